The van der Waals surface area contributed by atoms with Crippen LogP contribution in [-0.2, 0) is 14.3 Å². The van der Waals surface area contributed by atoms with Gasteiger partial charge in [0.2, 0.25) is 0 Å². The van der Waals surface area contributed by atoms with Crippen molar-refractivity contribution >= 4 is 40.8 Å². The first-order chi connectivity index (χ1) is 18.8. The van der Waals surface area contributed by atoms with Crippen LogP contribution in [0.2, 0.25) is 5.02 Å². The number of allylic oxidation sites excluding steroid dienone is 1. The fraction of sp³-hybridized carbons (Fsp3) is 0.241. The van der Waals surface area contributed by atoms with Gasteiger partial charge in [-0.1, -0.05) is 54.6 Å². The fourth-order valence-corrected chi connectivity index (χ4v) is 4.26. The van der Waals surface area contributed by atoms with Crippen LogP contribution >= 0.6 is 11.6 Å². The molecular formula is C29H30ClN5O4. The van der Waals surface area contributed by atoms with E-state index in [1.54, 1.807) is 19.1 Å². The van der Waals surface area contributed by atoms with Crippen molar-refractivity contribution in [1.29, 1.82) is 0 Å². The van der Waals surface area contributed by atoms with E-state index >= 15 is 0 Å². The van der Waals surface area contributed by atoms with Crippen LogP contribution in [-0.4, -0.2) is 54.8 Å². The van der Waals surface area contributed by atoms with Crippen LogP contribution in [0.15, 0.2) is 89.2 Å². The molecule has 0 radical (unpaired) electrons. The lowest BCUT2D eigenvalue weighted by molar-refractivity contribution is -0.120. The lowest BCUT2D eigenvalue weighted by Gasteiger charge is -2.29. The Morgan fingerprint density at radius 3 is 2.56 bits per heavy atom. The highest BCUT2D eigenvalue weighted by Crippen LogP contribution is 2.25. The molecule has 3 amide bonds. The van der Waals surface area contributed by atoms with Gasteiger partial charge in [-0.15, -0.1) is 0 Å². The summed E-state index contributed by atoms with van der Waals surface area (Å²) in [7, 11) is 0. The average molecular weight is 548 g/mol. The number of nitrogens with one attached hydrogen (secondary N) is 3. The summed E-state index contributed by atoms with van der Waals surface area (Å²) in [5, 5.41) is 8.50. The Balaban J connectivity index is 1.48. The van der Waals surface area contributed by atoms with Crippen molar-refractivity contribution < 1.29 is 19.1 Å². The summed E-state index contributed by atoms with van der Waals surface area (Å²) < 4.78 is 5.35. The highest BCUT2D eigenvalue weighted by molar-refractivity contribution is 6.35. The van der Waals surface area contributed by atoms with Crippen LogP contribution in [0.1, 0.15) is 35.8 Å². The van der Waals surface area contributed by atoms with E-state index in [1.807, 2.05) is 42.2 Å². The van der Waals surface area contributed by atoms with Gasteiger partial charge in [0.25, 0.3) is 17.7 Å². The standard InChI is InChI=1S/C29H30ClN5O4/c1-4-20-16-23(29(38)34-26(20)32-19(3)35-12-14-39-15-13-35)28(37)33-25-17-22(10-11-24(25)30)27(36)31-18(2)21-8-6-5-7-9-21/h4-11,16-18H,3,12-15H2,1-2H3,(H,31,36)(H,33,37)(H,32,34,38)/b20-4-. The number of anilines is 1. The summed E-state index contributed by atoms with van der Waals surface area (Å²) in [6.07, 6.45) is 3.20. The Hall–Kier alpha value is -4.21. The van der Waals surface area contributed by atoms with E-state index in [2.05, 4.69) is 27.5 Å². The molecule has 0 aliphatic carbocycles. The van der Waals surface area contributed by atoms with Crippen LogP contribution in [0.4, 0.5) is 5.69 Å². The molecule has 2 aromatic rings. The van der Waals surface area contributed by atoms with Gasteiger partial charge in [0.05, 0.1) is 30.0 Å². The van der Waals surface area contributed by atoms with Crippen LogP contribution in [0.25, 0.3) is 0 Å². The monoisotopic (exact) mass is 547 g/mol. The van der Waals surface area contributed by atoms with Gasteiger partial charge in [-0.05, 0) is 43.7 Å². The molecule has 0 aromatic heterocycles. The molecule has 10 heteroatoms. The fourth-order valence-electron chi connectivity index (χ4n) is 4.10. The van der Waals surface area contributed by atoms with Gasteiger partial charge in [0, 0.05) is 24.2 Å². The lowest BCUT2D eigenvalue weighted by atomic mass is 10.0. The highest BCUT2D eigenvalue weighted by atomic mass is 35.5. The number of morpholine rings is 1. The van der Waals surface area contributed by atoms with Crippen LogP contribution < -0.4 is 16.0 Å². The maximum Gasteiger partial charge on any atom is 0.262 e. The SMILES string of the molecule is C=C(/N=C1/NC(=O)C(C(=O)Nc2cc(C(=O)NC(C)c3ccccc3)ccc2Cl)=C/C1=C/C)N1CCOCC1. The zero-order chi connectivity index (χ0) is 27.9. The Morgan fingerprint density at radius 1 is 1.15 bits per heavy atom. The molecular weight excluding hydrogens is 518 g/mol. The van der Waals surface area contributed by atoms with E-state index in [-0.39, 0.29) is 28.2 Å². The zero-order valence-electron chi connectivity index (χ0n) is 21.8. The third-order valence-corrected chi connectivity index (χ3v) is 6.68. The second-order valence-electron chi connectivity index (χ2n) is 8.99. The number of hydrogen-bond acceptors (Lipinski definition) is 6. The van der Waals surface area contributed by atoms with E-state index in [4.69, 9.17) is 16.3 Å². The van der Waals surface area contributed by atoms with Gasteiger partial charge in [-0.25, -0.2) is 4.99 Å². The minimum Gasteiger partial charge on any atom is -0.378 e. The van der Waals surface area contributed by atoms with E-state index < -0.39 is 11.8 Å². The number of nitrogens with zero attached hydrogens (tertiary/aromatic N) is 2. The molecule has 202 valence electrons. The quantitative estimate of drug-likeness (QED) is 0.454. The van der Waals surface area contributed by atoms with Gasteiger partial charge in [0.15, 0.2) is 0 Å². The van der Waals surface area contributed by atoms with E-state index in [0.717, 1.165) is 5.56 Å². The summed E-state index contributed by atoms with van der Waals surface area (Å²) in [6, 6.07) is 13.9. The van der Waals surface area contributed by atoms with E-state index in [9.17, 15) is 14.4 Å². The number of rotatable bonds is 7. The van der Waals surface area contributed by atoms with Crippen molar-refractivity contribution in [1.82, 2.24) is 15.5 Å². The average Bonchev–Trinajstić information content (AvgIpc) is 2.95. The zero-order valence-corrected chi connectivity index (χ0v) is 22.5. The number of amides is 3. The highest BCUT2D eigenvalue weighted by Gasteiger charge is 2.27. The molecule has 2 aromatic carbocycles. The Kier molecular flexibility index (Phi) is 8.96. The van der Waals surface area contributed by atoms with Gasteiger partial charge in [-0.3, -0.25) is 14.4 Å². The van der Waals surface area contributed by atoms with E-state index in [1.165, 1.54) is 18.2 Å². The van der Waals surface area contributed by atoms with Crippen LogP contribution in [0.5, 0.6) is 0 Å². The normalized spacial score (nSPS) is 18.3. The maximum atomic E-state index is 13.1. The molecule has 39 heavy (non-hydrogen) atoms. The summed E-state index contributed by atoms with van der Waals surface area (Å²) >= 11 is 6.31. The van der Waals surface area contributed by atoms with E-state index in [0.29, 0.717) is 49.1 Å². The molecule has 0 bridgehead atoms. The van der Waals surface area contributed by atoms with Gasteiger partial charge < -0.3 is 25.6 Å². The Morgan fingerprint density at radius 2 is 1.87 bits per heavy atom. The minimum absolute atomic E-state index is 0.123. The molecule has 9 nitrogen and oxygen atoms in total. The number of carbonyl (C=O) groups is 3. The summed E-state index contributed by atoms with van der Waals surface area (Å²) in [5.74, 6) is -0.813. The van der Waals surface area contributed by atoms with Gasteiger partial charge in [-0.2, -0.15) is 0 Å². The van der Waals surface area contributed by atoms with Crippen molar-refractivity contribution in [3.8, 4) is 0 Å². The summed E-state index contributed by atoms with van der Waals surface area (Å²) in [5.41, 5.74) is 1.91. The van der Waals surface area contributed by atoms with Crippen LogP contribution in [0, 0.1) is 0 Å². The number of hydrogen-bond donors (Lipinski definition) is 3. The molecule has 0 spiro atoms. The Labute approximate surface area is 232 Å². The molecule has 1 fully saturated rings. The molecule has 4 rings (SSSR count). The third-order valence-electron chi connectivity index (χ3n) is 6.35. The molecule has 2 heterocycles. The maximum absolute atomic E-state index is 13.1. The predicted molar refractivity (Wildman–Crippen MR) is 151 cm³/mol. The van der Waals surface area contributed by atoms with Crippen molar-refractivity contribution in [2.75, 3.05) is 31.6 Å². The van der Waals surface area contributed by atoms with Gasteiger partial charge >= 0.3 is 0 Å². The third kappa shape index (κ3) is 6.81. The van der Waals surface area contributed by atoms with Crippen molar-refractivity contribution in [2.45, 2.75) is 19.9 Å². The number of ether oxygens (including phenoxy) is 1. The van der Waals surface area contributed by atoms with Crippen molar-refractivity contribution in [3.63, 3.8) is 0 Å². The number of aliphatic imine (C=N–C) groups is 1. The molecule has 2 aliphatic heterocycles. The first-order valence-corrected chi connectivity index (χ1v) is 12.9. The smallest absolute Gasteiger partial charge is 0.262 e. The van der Waals surface area contributed by atoms with Gasteiger partial charge in [0.1, 0.15) is 17.2 Å². The Bertz CT molecular complexity index is 1380. The molecule has 0 saturated carbocycles. The number of halogens is 1. The molecule has 3 N–H and O–H groups in total. The molecule has 1 saturated heterocycles. The predicted octanol–water partition coefficient (Wildman–Crippen LogP) is 3.97. The number of benzene rings is 2. The van der Waals surface area contributed by atoms with Crippen molar-refractivity contribution in [2.24, 2.45) is 4.99 Å². The molecule has 2 aliphatic rings. The first-order valence-electron chi connectivity index (χ1n) is 12.5. The van der Waals surface area contributed by atoms with Crippen molar-refractivity contribution in [3.05, 3.63) is 100 Å². The topological polar surface area (TPSA) is 112 Å². The van der Waals surface area contributed by atoms with Crippen LogP contribution in [0.3, 0.4) is 0 Å². The lowest BCUT2D eigenvalue weighted by Crippen LogP contribution is -2.41. The largest absolute Gasteiger partial charge is 0.378 e. The minimum atomic E-state index is -0.671. The second-order valence-corrected chi connectivity index (χ2v) is 9.39. The summed E-state index contributed by atoms with van der Waals surface area (Å²) in [6.45, 7) is 10.1. The number of carbonyl (C=O) groups excluding carboxylic acids is 3. The molecule has 1 atom stereocenters. The molecule has 1 unspecified atom stereocenters. The number of amidine groups is 1. The summed E-state index contributed by atoms with van der Waals surface area (Å²) in [4.78, 5) is 45.3. The first kappa shape index (κ1) is 27.8. The second kappa shape index (κ2) is 12.6.